The normalized spacial score (nSPS) is 10.9. The highest BCUT2D eigenvalue weighted by Gasteiger charge is 2.06. The van der Waals surface area contributed by atoms with Crippen LogP contribution in [0.3, 0.4) is 0 Å². The lowest BCUT2D eigenvalue weighted by Crippen LogP contribution is -2.00. The van der Waals surface area contributed by atoms with Crippen molar-refractivity contribution in [2.75, 3.05) is 0 Å². The summed E-state index contributed by atoms with van der Waals surface area (Å²) in [5.74, 6) is 0. The highest BCUT2D eigenvalue weighted by atomic mass is 79.9. The Kier molecular flexibility index (Phi) is 3.93. The predicted molar refractivity (Wildman–Crippen MR) is 84.0 cm³/mol. The van der Waals surface area contributed by atoms with Crippen LogP contribution < -0.4 is 0 Å². The first-order chi connectivity index (χ1) is 9.74. The minimum absolute atomic E-state index is 0.655. The summed E-state index contributed by atoms with van der Waals surface area (Å²) in [6, 6.07) is 8.43. The Hall–Kier alpha value is -1.53. The third kappa shape index (κ3) is 2.96. The lowest BCUT2D eigenvalue weighted by molar-refractivity contribution is 0.641. The van der Waals surface area contributed by atoms with Crippen LogP contribution in [0.4, 0.5) is 0 Å². The van der Waals surface area contributed by atoms with Crippen molar-refractivity contribution in [1.29, 1.82) is 0 Å². The van der Waals surface area contributed by atoms with Gasteiger partial charge in [0.25, 0.3) is 0 Å². The number of halogens is 1. The second-order valence-corrected chi connectivity index (χ2v) is 5.97. The van der Waals surface area contributed by atoms with Gasteiger partial charge in [0.1, 0.15) is 5.01 Å². The maximum absolute atomic E-state index is 4.66. The molecule has 0 aliphatic carbocycles. The second-order valence-electron chi connectivity index (χ2n) is 4.55. The SMILES string of the molecule is Cc1ccc(-c2nc(Cn3cc(CBr)nn3)cs2)cc1. The Balaban J connectivity index is 1.78. The van der Waals surface area contributed by atoms with Crippen molar-refractivity contribution in [2.45, 2.75) is 18.8 Å². The molecule has 102 valence electrons. The molecule has 0 fully saturated rings. The number of alkyl halides is 1. The quantitative estimate of drug-likeness (QED) is 0.676. The van der Waals surface area contributed by atoms with Gasteiger partial charge in [-0.1, -0.05) is 51.0 Å². The van der Waals surface area contributed by atoms with Crippen LogP contribution >= 0.6 is 27.3 Å². The molecule has 3 rings (SSSR count). The van der Waals surface area contributed by atoms with Gasteiger partial charge in [-0.2, -0.15) is 0 Å². The molecular weight excluding hydrogens is 336 g/mol. The summed E-state index contributed by atoms with van der Waals surface area (Å²) < 4.78 is 1.81. The van der Waals surface area contributed by atoms with Crippen molar-refractivity contribution in [3.8, 4) is 10.6 Å². The van der Waals surface area contributed by atoms with Crippen molar-refractivity contribution in [3.05, 3.63) is 52.8 Å². The molecule has 0 amide bonds. The number of nitrogens with zero attached hydrogens (tertiary/aromatic N) is 4. The monoisotopic (exact) mass is 348 g/mol. The number of hydrogen-bond acceptors (Lipinski definition) is 4. The summed E-state index contributed by atoms with van der Waals surface area (Å²) in [6.07, 6.45) is 1.93. The molecule has 0 N–H and O–H groups in total. The first-order valence-corrected chi connectivity index (χ1v) is 8.21. The van der Waals surface area contributed by atoms with Gasteiger partial charge in [0.05, 0.1) is 17.9 Å². The Bertz CT molecular complexity index is 702. The topological polar surface area (TPSA) is 43.6 Å². The van der Waals surface area contributed by atoms with E-state index in [1.54, 1.807) is 11.3 Å². The predicted octanol–water partition coefficient (Wildman–Crippen LogP) is 3.65. The summed E-state index contributed by atoms with van der Waals surface area (Å²) in [4.78, 5) is 4.66. The maximum atomic E-state index is 4.66. The van der Waals surface area contributed by atoms with Crippen LogP contribution in [0.2, 0.25) is 0 Å². The highest BCUT2D eigenvalue weighted by molar-refractivity contribution is 9.08. The molecule has 0 aliphatic heterocycles. The van der Waals surface area contributed by atoms with Crippen molar-refractivity contribution >= 4 is 27.3 Å². The Morgan fingerprint density at radius 2 is 2.00 bits per heavy atom. The molecule has 0 bridgehead atoms. The summed E-state index contributed by atoms with van der Waals surface area (Å²) in [5, 5.41) is 12.0. The van der Waals surface area contributed by atoms with E-state index in [0.717, 1.165) is 27.3 Å². The zero-order valence-electron chi connectivity index (χ0n) is 11.0. The number of thiazole rings is 1. The van der Waals surface area contributed by atoms with Gasteiger partial charge in [0.15, 0.2) is 0 Å². The first kappa shape index (κ1) is 13.5. The van der Waals surface area contributed by atoms with Crippen LogP contribution in [0.1, 0.15) is 17.0 Å². The smallest absolute Gasteiger partial charge is 0.123 e. The van der Waals surface area contributed by atoms with E-state index in [4.69, 9.17) is 0 Å². The zero-order chi connectivity index (χ0) is 13.9. The van der Waals surface area contributed by atoms with E-state index in [2.05, 4.69) is 67.8 Å². The third-order valence-corrected chi connectivity index (χ3v) is 4.41. The molecule has 0 saturated carbocycles. The molecule has 0 aliphatic rings. The van der Waals surface area contributed by atoms with E-state index in [1.807, 2.05) is 10.9 Å². The van der Waals surface area contributed by atoms with Gasteiger partial charge in [-0.05, 0) is 6.92 Å². The molecule has 0 saturated heterocycles. The van der Waals surface area contributed by atoms with Gasteiger partial charge in [-0.3, -0.25) is 0 Å². The molecule has 6 heteroatoms. The van der Waals surface area contributed by atoms with Crippen LogP contribution in [0.15, 0.2) is 35.8 Å². The minimum atomic E-state index is 0.655. The fraction of sp³-hybridized carbons (Fsp3) is 0.214. The molecule has 0 radical (unpaired) electrons. The van der Waals surface area contributed by atoms with Gasteiger partial charge < -0.3 is 0 Å². The standard InChI is InChI=1S/C14H13BrN4S/c1-10-2-4-11(5-3-10)14-16-13(9-20-14)8-19-7-12(6-15)17-18-19/h2-5,7,9H,6,8H2,1H3. The average molecular weight is 349 g/mol. The maximum Gasteiger partial charge on any atom is 0.123 e. The van der Waals surface area contributed by atoms with E-state index >= 15 is 0 Å². The molecule has 4 nitrogen and oxygen atoms in total. The minimum Gasteiger partial charge on any atom is -0.246 e. The largest absolute Gasteiger partial charge is 0.246 e. The summed E-state index contributed by atoms with van der Waals surface area (Å²) in [7, 11) is 0. The summed E-state index contributed by atoms with van der Waals surface area (Å²) in [6.45, 7) is 2.74. The fourth-order valence-electron chi connectivity index (χ4n) is 1.85. The first-order valence-electron chi connectivity index (χ1n) is 6.21. The Morgan fingerprint density at radius 1 is 1.20 bits per heavy atom. The Labute approximate surface area is 129 Å². The molecule has 0 spiro atoms. The van der Waals surface area contributed by atoms with Gasteiger partial charge >= 0.3 is 0 Å². The molecule has 3 aromatic rings. The van der Waals surface area contributed by atoms with Crippen molar-refractivity contribution in [1.82, 2.24) is 20.0 Å². The van der Waals surface area contributed by atoms with E-state index in [0.29, 0.717) is 6.54 Å². The number of rotatable bonds is 4. The number of benzene rings is 1. The zero-order valence-corrected chi connectivity index (χ0v) is 13.4. The number of aryl methyl sites for hydroxylation is 1. The van der Waals surface area contributed by atoms with Gasteiger partial charge in [0.2, 0.25) is 0 Å². The second kappa shape index (κ2) is 5.85. The lowest BCUT2D eigenvalue weighted by Gasteiger charge is -1.97. The van der Waals surface area contributed by atoms with Gasteiger partial charge in [-0.15, -0.1) is 16.4 Å². The Morgan fingerprint density at radius 3 is 2.70 bits per heavy atom. The van der Waals surface area contributed by atoms with E-state index in [1.165, 1.54) is 5.56 Å². The highest BCUT2D eigenvalue weighted by Crippen LogP contribution is 2.24. The van der Waals surface area contributed by atoms with Crippen molar-refractivity contribution < 1.29 is 0 Å². The molecule has 20 heavy (non-hydrogen) atoms. The molecular formula is C14H13BrN4S. The molecule has 2 heterocycles. The molecule has 0 atom stereocenters. The van der Waals surface area contributed by atoms with Gasteiger partial charge in [0, 0.05) is 22.5 Å². The summed E-state index contributed by atoms with van der Waals surface area (Å²) in [5.41, 5.74) is 4.36. The number of hydrogen-bond donors (Lipinski definition) is 0. The van der Waals surface area contributed by atoms with Crippen LogP contribution in [-0.4, -0.2) is 20.0 Å². The lowest BCUT2D eigenvalue weighted by atomic mass is 10.2. The summed E-state index contributed by atoms with van der Waals surface area (Å²) >= 11 is 5.03. The molecule has 2 aromatic heterocycles. The third-order valence-electron chi connectivity index (χ3n) is 2.90. The van der Waals surface area contributed by atoms with Crippen LogP contribution in [0.5, 0.6) is 0 Å². The van der Waals surface area contributed by atoms with E-state index < -0.39 is 0 Å². The average Bonchev–Trinajstić information content (AvgIpc) is 3.09. The van der Waals surface area contributed by atoms with E-state index in [9.17, 15) is 0 Å². The van der Waals surface area contributed by atoms with Crippen LogP contribution in [-0.2, 0) is 11.9 Å². The van der Waals surface area contributed by atoms with Gasteiger partial charge in [-0.25, -0.2) is 9.67 Å². The van der Waals surface area contributed by atoms with Crippen molar-refractivity contribution in [2.24, 2.45) is 0 Å². The van der Waals surface area contributed by atoms with Crippen LogP contribution in [0, 0.1) is 6.92 Å². The fourth-order valence-corrected chi connectivity index (χ4v) is 2.93. The van der Waals surface area contributed by atoms with E-state index in [-0.39, 0.29) is 0 Å². The molecule has 0 unspecified atom stereocenters. The number of aromatic nitrogens is 4. The molecule has 1 aromatic carbocycles. The van der Waals surface area contributed by atoms with Crippen molar-refractivity contribution in [3.63, 3.8) is 0 Å². The van der Waals surface area contributed by atoms with Crippen LogP contribution in [0.25, 0.3) is 10.6 Å².